The average molecular weight is 298 g/mol. The minimum Gasteiger partial charge on any atom is -0.399 e. The normalized spacial score (nSPS) is 18.0. The number of carbonyl (C=O) groups excluding carboxylic acids is 1. The number of benzene rings is 2. The third-order valence-corrected chi connectivity index (χ3v) is 5.03. The average Bonchev–Trinajstić information content (AvgIpc) is 2.91. The van der Waals surface area contributed by atoms with Crippen LogP contribution >= 0.6 is 11.8 Å². The summed E-state index contributed by atoms with van der Waals surface area (Å²) in [4.78, 5) is 13.6. The molecule has 0 saturated carbocycles. The van der Waals surface area contributed by atoms with E-state index in [1.165, 1.54) is 10.5 Å². The van der Waals surface area contributed by atoms with E-state index in [0.29, 0.717) is 0 Å². The number of nitrogens with two attached hydrogens (primary N) is 1. The van der Waals surface area contributed by atoms with Gasteiger partial charge in [-0.1, -0.05) is 30.3 Å². The van der Waals surface area contributed by atoms with Crippen LogP contribution in [-0.2, 0) is 11.2 Å². The molecule has 2 unspecified atom stereocenters. The standard InChI is InChI=1S/C17H18N2OS/c1-11(12-6-4-7-14(18)9-12)19-17(20)16-10-13-5-2-3-8-15(13)21-16/h2-9,11,16H,10,18H2,1H3,(H,19,20). The van der Waals surface area contributed by atoms with E-state index in [1.807, 2.05) is 43.3 Å². The second kappa shape index (κ2) is 5.82. The Hall–Kier alpha value is -1.94. The lowest BCUT2D eigenvalue weighted by Gasteiger charge is -2.17. The van der Waals surface area contributed by atoms with Crippen molar-refractivity contribution in [1.82, 2.24) is 5.32 Å². The fourth-order valence-corrected chi connectivity index (χ4v) is 3.75. The summed E-state index contributed by atoms with van der Waals surface area (Å²) in [5, 5.41) is 3.05. The van der Waals surface area contributed by atoms with Gasteiger partial charge in [-0.05, 0) is 42.7 Å². The van der Waals surface area contributed by atoms with E-state index in [2.05, 4.69) is 17.4 Å². The van der Waals surface area contributed by atoms with Crippen molar-refractivity contribution in [3.8, 4) is 0 Å². The Labute approximate surface area is 128 Å². The van der Waals surface area contributed by atoms with Crippen LogP contribution in [0.25, 0.3) is 0 Å². The minimum atomic E-state index is -0.0367. The van der Waals surface area contributed by atoms with Crippen molar-refractivity contribution in [3.63, 3.8) is 0 Å². The summed E-state index contributed by atoms with van der Waals surface area (Å²) in [6.07, 6.45) is 0.802. The highest BCUT2D eigenvalue weighted by Crippen LogP contribution is 2.37. The Kier molecular flexibility index (Phi) is 3.88. The van der Waals surface area contributed by atoms with Crippen molar-refractivity contribution in [3.05, 3.63) is 59.7 Å². The van der Waals surface area contributed by atoms with Crippen LogP contribution in [0, 0.1) is 0 Å². The molecule has 3 N–H and O–H groups in total. The number of hydrogen-bond acceptors (Lipinski definition) is 3. The molecule has 1 aliphatic heterocycles. The second-order valence-corrected chi connectivity index (χ2v) is 6.56. The third kappa shape index (κ3) is 3.05. The summed E-state index contributed by atoms with van der Waals surface area (Å²) in [7, 11) is 0. The summed E-state index contributed by atoms with van der Waals surface area (Å²) in [6.45, 7) is 1.99. The maximum Gasteiger partial charge on any atom is 0.234 e. The highest BCUT2D eigenvalue weighted by molar-refractivity contribution is 8.01. The molecular weight excluding hydrogens is 280 g/mol. The minimum absolute atomic E-state index is 0.0362. The molecule has 2 aromatic rings. The molecule has 0 aromatic heterocycles. The Morgan fingerprint density at radius 2 is 2.10 bits per heavy atom. The lowest BCUT2D eigenvalue weighted by atomic mass is 10.1. The van der Waals surface area contributed by atoms with Crippen LogP contribution < -0.4 is 11.1 Å². The van der Waals surface area contributed by atoms with Gasteiger partial charge in [-0.25, -0.2) is 0 Å². The van der Waals surface area contributed by atoms with E-state index in [1.54, 1.807) is 11.8 Å². The number of nitrogen functional groups attached to an aromatic ring is 1. The van der Waals surface area contributed by atoms with Crippen LogP contribution in [0.1, 0.15) is 24.1 Å². The molecule has 2 atom stereocenters. The zero-order chi connectivity index (χ0) is 14.8. The first-order chi connectivity index (χ1) is 10.1. The molecule has 1 heterocycles. The van der Waals surface area contributed by atoms with Gasteiger partial charge in [0, 0.05) is 10.6 Å². The molecule has 0 aliphatic carbocycles. The zero-order valence-corrected chi connectivity index (χ0v) is 12.7. The van der Waals surface area contributed by atoms with Gasteiger partial charge in [-0.15, -0.1) is 11.8 Å². The number of fused-ring (bicyclic) bond motifs is 1. The number of thioether (sulfide) groups is 1. The molecule has 0 radical (unpaired) electrons. The van der Waals surface area contributed by atoms with Gasteiger partial charge in [0.15, 0.2) is 0 Å². The summed E-state index contributed by atoms with van der Waals surface area (Å²) < 4.78 is 0. The van der Waals surface area contributed by atoms with Crippen LogP contribution in [0.4, 0.5) is 5.69 Å². The van der Waals surface area contributed by atoms with Gasteiger partial charge in [0.1, 0.15) is 0 Å². The van der Waals surface area contributed by atoms with Gasteiger partial charge in [0.25, 0.3) is 0 Å². The van der Waals surface area contributed by atoms with Crippen LogP contribution in [0.5, 0.6) is 0 Å². The maximum absolute atomic E-state index is 12.4. The molecule has 108 valence electrons. The summed E-state index contributed by atoms with van der Waals surface area (Å²) >= 11 is 1.65. The molecule has 21 heavy (non-hydrogen) atoms. The SMILES string of the molecule is CC(NC(=O)C1Cc2ccccc2S1)c1cccc(N)c1. The highest BCUT2D eigenvalue weighted by atomic mass is 32.2. The van der Waals surface area contributed by atoms with Gasteiger partial charge >= 0.3 is 0 Å². The first-order valence-electron chi connectivity index (χ1n) is 7.04. The highest BCUT2D eigenvalue weighted by Gasteiger charge is 2.28. The lowest BCUT2D eigenvalue weighted by molar-refractivity contribution is -0.121. The van der Waals surface area contributed by atoms with E-state index in [9.17, 15) is 4.79 Å². The molecular formula is C17H18N2OS. The maximum atomic E-state index is 12.4. The van der Waals surface area contributed by atoms with Crippen molar-refractivity contribution in [2.45, 2.75) is 29.5 Å². The van der Waals surface area contributed by atoms with Gasteiger partial charge in [-0.2, -0.15) is 0 Å². The van der Waals surface area contributed by atoms with Gasteiger partial charge in [-0.3, -0.25) is 4.79 Å². The molecule has 3 rings (SSSR count). The molecule has 1 amide bonds. The Bertz CT molecular complexity index is 646. The molecule has 4 heteroatoms. The fraction of sp³-hybridized carbons (Fsp3) is 0.235. The van der Waals surface area contributed by atoms with Crippen LogP contribution in [0.15, 0.2) is 53.4 Å². The quantitative estimate of drug-likeness (QED) is 0.856. The largest absolute Gasteiger partial charge is 0.399 e. The Morgan fingerprint density at radius 3 is 2.86 bits per heavy atom. The number of carbonyl (C=O) groups is 1. The molecule has 3 nitrogen and oxygen atoms in total. The first-order valence-corrected chi connectivity index (χ1v) is 7.92. The lowest BCUT2D eigenvalue weighted by Crippen LogP contribution is -2.34. The predicted molar refractivity (Wildman–Crippen MR) is 87.2 cm³/mol. The van der Waals surface area contributed by atoms with E-state index in [0.717, 1.165) is 17.7 Å². The van der Waals surface area contributed by atoms with E-state index >= 15 is 0 Å². The van der Waals surface area contributed by atoms with E-state index in [-0.39, 0.29) is 17.2 Å². The summed E-state index contributed by atoms with van der Waals surface area (Å²) in [6, 6.07) is 15.8. The van der Waals surface area contributed by atoms with Crippen LogP contribution in [0.3, 0.4) is 0 Å². The van der Waals surface area contributed by atoms with Gasteiger partial charge in [0.2, 0.25) is 5.91 Å². The number of rotatable bonds is 3. The van der Waals surface area contributed by atoms with Crippen LogP contribution in [0.2, 0.25) is 0 Å². The number of anilines is 1. The van der Waals surface area contributed by atoms with Crippen molar-refractivity contribution in [2.24, 2.45) is 0 Å². The van der Waals surface area contributed by atoms with E-state index < -0.39 is 0 Å². The first kappa shape index (κ1) is 14.0. The van der Waals surface area contributed by atoms with Crippen molar-refractivity contribution >= 4 is 23.4 Å². The molecule has 0 spiro atoms. The summed E-state index contributed by atoms with van der Waals surface area (Å²) in [5.41, 5.74) is 8.80. The van der Waals surface area contributed by atoms with Crippen molar-refractivity contribution < 1.29 is 4.79 Å². The topological polar surface area (TPSA) is 55.1 Å². The van der Waals surface area contributed by atoms with Crippen molar-refractivity contribution in [2.75, 3.05) is 5.73 Å². The smallest absolute Gasteiger partial charge is 0.234 e. The third-order valence-electron chi connectivity index (χ3n) is 3.71. The number of nitrogens with one attached hydrogen (secondary N) is 1. The molecule has 0 bridgehead atoms. The van der Waals surface area contributed by atoms with Crippen molar-refractivity contribution in [1.29, 1.82) is 0 Å². The summed E-state index contributed by atoms with van der Waals surface area (Å²) in [5.74, 6) is 0.0890. The van der Waals surface area contributed by atoms with E-state index in [4.69, 9.17) is 5.73 Å². The Balaban J connectivity index is 1.65. The zero-order valence-electron chi connectivity index (χ0n) is 11.9. The van der Waals surface area contributed by atoms with Crippen LogP contribution in [-0.4, -0.2) is 11.2 Å². The molecule has 0 fully saturated rings. The molecule has 2 aromatic carbocycles. The molecule has 1 aliphatic rings. The number of hydrogen-bond donors (Lipinski definition) is 2. The predicted octanol–water partition coefficient (Wildman–Crippen LogP) is 3.16. The van der Waals surface area contributed by atoms with Gasteiger partial charge in [0.05, 0.1) is 11.3 Å². The fourth-order valence-electron chi connectivity index (χ4n) is 2.55. The molecule has 0 saturated heterocycles. The Morgan fingerprint density at radius 1 is 1.29 bits per heavy atom. The number of amides is 1. The second-order valence-electron chi connectivity index (χ2n) is 5.32. The monoisotopic (exact) mass is 298 g/mol. The van der Waals surface area contributed by atoms with Gasteiger partial charge < -0.3 is 11.1 Å².